The molecule has 2 unspecified atom stereocenters. The lowest BCUT2D eigenvalue weighted by atomic mass is 10.0. The van der Waals surface area contributed by atoms with Gasteiger partial charge in [-0.05, 0) is 38.8 Å². The van der Waals surface area contributed by atoms with Crippen LogP contribution in [0.2, 0.25) is 0 Å². The van der Waals surface area contributed by atoms with Gasteiger partial charge in [0, 0.05) is 12.6 Å². The summed E-state index contributed by atoms with van der Waals surface area (Å²) in [5.41, 5.74) is 5.74. The van der Waals surface area contributed by atoms with Crippen molar-refractivity contribution in [3.63, 3.8) is 0 Å². The van der Waals surface area contributed by atoms with E-state index >= 15 is 0 Å². The van der Waals surface area contributed by atoms with Crippen LogP contribution in [0.15, 0.2) is 0 Å². The van der Waals surface area contributed by atoms with Crippen molar-refractivity contribution in [3.05, 3.63) is 0 Å². The van der Waals surface area contributed by atoms with Gasteiger partial charge in [-0.3, -0.25) is 0 Å². The topological polar surface area (TPSA) is 29.3 Å². The van der Waals surface area contributed by atoms with Crippen LogP contribution < -0.4 is 5.73 Å². The van der Waals surface area contributed by atoms with E-state index in [1.54, 1.807) is 0 Å². The Bertz CT molecular complexity index is 112. The second-order valence-electron chi connectivity index (χ2n) is 3.76. The third-order valence-electron chi connectivity index (χ3n) is 2.52. The molecule has 1 rings (SSSR count). The minimum absolute atomic E-state index is 0.386. The third kappa shape index (κ3) is 2.80. The Hall–Kier alpha value is -0.0800. The second kappa shape index (κ2) is 4.07. The molecule has 1 fully saturated rings. The summed E-state index contributed by atoms with van der Waals surface area (Å²) in [6.07, 6.45) is 2.56. The highest BCUT2D eigenvalue weighted by Gasteiger charge is 2.21. The molecule has 66 valence electrons. The lowest BCUT2D eigenvalue weighted by Crippen LogP contribution is -2.23. The molecular weight excluding hydrogens is 136 g/mol. The molecular formula is C9H20N2. The van der Waals surface area contributed by atoms with Crippen molar-refractivity contribution < 1.29 is 0 Å². The van der Waals surface area contributed by atoms with Crippen LogP contribution in [0.1, 0.15) is 26.7 Å². The molecule has 0 saturated carbocycles. The molecule has 2 N–H and O–H groups in total. The first kappa shape index (κ1) is 9.01. The summed E-state index contributed by atoms with van der Waals surface area (Å²) in [6.45, 7) is 8.10. The summed E-state index contributed by atoms with van der Waals surface area (Å²) in [7, 11) is 0. The molecule has 0 spiro atoms. The first-order chi connectivity index (χ1) is 5.22. The molecule has 1 aliphatic heterocycles. The first-order valence-electron chi connectivity index (χ1n) is 4.70. The summed E-state index contributed by atoms with van der Waals surface area (Å²) in [4.78, 5) is 2.51. The van der Waals surface area contributed by atoms with Crippen molar-refractivity contribution in [1.82, 2.24) is 4.90 Å². The Morgan fingerprint density at radius 1 is 1.64 bits per heavy atom. The minimum atomic E-state index is 0.386. The molecule has 0 bridgehead atoms. The number of rotatable bonds is 3. The monoisotopic (exact) mass is 156 g/mol. The van der Waals surface area contributed by atoms with E-state index in [0.717, 1.165) is 5.92 Å². The van der Waals surface area contributed by atoms with Crippen LogP contribution in [0.5, 0.6) is 0 Å². The molecule has 0 aromatic rings. The molecule has 0 aromatic carbocycles. The third-order valence-corrected chi connectivity index (χ3v) is 2.52. The zero-order valence-corrected chi connectivity index (χ0v) is 7.71. The van der Waals surface area contributed by atoms with Crippen LogP contribution in [0, 0.1) is 5.92 Å². The molecule has 1 heterocycles. The van der Waals surface area contributed by atoms with Crippen molar-refractivity contribution in [2.75, 3.05) is 19.6 Å². The quantitative estimate of drug-likeness (QED) is 0.662. The highest BCUT2D eigenvalue weighted by Crippen LogP contribution is 2.19. The number of likely N-dealkylation sites (tertiary alicyclic amines) is 1. The Balaban J connectivity index is 2.19. The summed E-state index contributed by atoms with van der Waals surface area (Å²) in [6, 6.07) is 0.386. The smallest absolute Gasteiger partial charge is 0.00136 e. The number of nitrogens with two attached hydrogens (primary N) is 1. The van der Waals surface area contributed by atoms with Crippen LogP contribution in [0.3, 0.4) is 0 Å². The SMILES string of the molecule is CCN1CCC(CC(C)N)C1. The summed E-state index contributed by atoms with van der Waals surface area (Å²) in [5.74, 6) is 0.870. The fourth-order valence-corrected chi connectivity index (χ4v) is 1.92. The van der Waals surface area contributed by atoms with E-state index in [2.05, 4.69) is 18.7 Å². The van der Waals surface area contributed by atoms with Crippen molar-refractivity contribution in [1.29, 1.82) is 0 Å². The number of nitrogens with zero attached hydrogens (tertiary/aromatic N) is 1. The maximum Gasteiger partial charge on any atom is 0.00136 e. The fraction of sp³-hybridized carbons (Fsp3) is 1.00. The Kier molecular flexibility index (Phi) is 3.34. The van der Waals surface area contributed by atoms with E-state index < -0.39 is 0 Å². The molecule has 0 radical (unpaired) electrons. The van der Waals surface area contributed by atoms with Crippen molar-refractivity contribution in [3.8, 4) is 0 Å². The van der Waals surface area contributed by atoms with Crippen LogP contribution in [-0.4, -0.2) is 30.6 Å². The Labute approximate surface area is 69.8 Å². The van der Waals surface area contributed by atoms with Crippen LogP contribution in [0.25, 0.3) is 0 Å². The highest BCUT2D eigenvalue weighted by atomic mass is 15.1. The van der Waals surface area contributed by atoms with Gasteiger partial charge >= 0.3 is 0 Å². The van der Waals surface area contributed by atoms with Gasteiger partial charge in [0.25, 0.3) is 0 Å². The van der Waals surface area contributed by atoms with E-state index in [9.17, 15) is 0 Å². The second-order valence-corrected chi connectivity index (χ2v) is 3.76. The van der Waals surface area contributed by atoms with Gasteiger partial charge in [0.15, 0.2) is 0 Å². The summed E-state index contributed by atoms with van der Waals surface area (Å²) in [5, 5.41) is 0. The molecule has 1 saturated heterocycles. The molecule has 0 aliphatic carbocycles. The lowest BCUT2D eigenvalue weighted by Gasteiger charge is -2.14. The van der Waals surface area contributed by atoms with Gasteiger partial charge in [0.05, 0.1) is 0 Å². The van der Waals surface area contributed by atoms with Gasteiger partial charge in [0.1, 0.15) is 0 Å². The predicted octanol–water partition coefficient (Wildman–Crippen LogP) is 1.07. The van der Waals surface area contributed by atoms with Crippen LogP contribution in [0.4, 0.5) is 0 Å². The van der Waals surface area contributed by atoms with Crippen LogP contribution in [-0.2, 0) is 0 Å². The van der Waals surface area contributed by atoms with Crippen molar-refractivity contribution in [2.24, 2.45) is 11.7 Å². The molecule has 2 atom stereocenters. The molecule has 0 aromatic heterocycles. The first-order valence-corrected chi connectivity index (χ1v) is 4.70. The lowest BCUT2D eigenvalue weighted by molar-refractivity contribution is 0.334. The summed E-state index contributed by atoms with van der Waals surface area (Å²) >= 11 is 0. The zero-order chi connectivity index (χ0) is 8.27. The molecule has 0 amide bonds. The molecule has 2 nitrogen and oxygen atoms in total. The van der Waals surface area contributed by atoms with Gasteiger partial charge in [-0.25, -0.2) is 0 Å². The van der Waals surface area contributed by atoms with Crippen molar-refractivity contribution >= 4 is 0 Å². The summed E-state index contributed by atoms with van der Waals surface area (Å²) < 4.78 is 0. The number of hydrogen-bond acceptors (Lipinski definition) is 2. The normalized spacial score (nSPS) is 29.2. The fourth-order valence-electron chi connectivity index (χ4n) is 1.92. The van der Waals surface area contributed by atoms with E-state index in [4.69, 9.17) is 5.73 Å². The van der Waals surface area contributed by atoms with Gasteiger partial charge in [-0.2, -0.15) is 0 Å². The minimum Gasteiger partial charge on any atom is -0.328 e. The van der Waals surface area contributed by atoms with Crippen LogP contribution >= 0.6 is 0 Å². The maximum atomic E-state index is 5.74. The largest absolute Gasteiger partial charge is 0.328 e. The predicted molar refractivity (Wildman–Crippen MR) is 48.5 cm³/mol. The number of hydrogen-bond donors (Lipinski definition) is 1. The maximum absolute atomic E-state index is 5.74. The standard InChI is InChI=1S/C9H20N2/c1-3-11-5-4-9(7-11)6-8(2)10/h8-9H,3-7,10H2,1-2H3. The van der Waals surface area contributed by atoms with E-state index in [-0.39, 0.29) is 0 Å². The Morgan fingerprint density at radius 2 is 2.36 bits per heavy atom. The zero-order valence-electron chi connectivity index (χ0n) is 7.71. The van der Waals surface area contributed by atoms with Gasteiger partial charge in [0.2, 0.25) is 0 Å². The molecule has 2 heteroatoms. The van der Waals surface area contributed by atoms with Gasteiger partial charge in [-0.1, -0.05) is 6.92 Å². The van der Waals surface area contributed by atoms with E-state index in [1.807, 2.05) is 0 Å². The van der Waals surface area contributed by atoms with Gasteiger partial charge in [-0.15, -0.1) is 0 Å². The average molecular weight is 156 g/mol. The highest BCUT2D eigenvalue weighted by molar-refractivity contribution is 4.76. The van der Waals surface area contributed by atoms with Crippen molar-refractivity contribution in [2.45, 2.75) is 32.7 Å². The Morgan fingerprint density at radius 3 is 2.82 bits per heavy atom. The van der Waals surface area contributed by atoms with Gasteiger partial charge < -0.3 is 10.6 Å². The molecule has 11 heavy (non-hydrogen) atoms. The molecule has 1 aliphatic rings. The van der Waals surface area contributed by atoms with E-state index in [1.165, 1.54) is 32.5 Å². The average Bonchev–Trinajstić information content (AvgIpc) is 2.34. The van der Waals surface area contributed by atoms with E-state index in [0.29, 0.717) is 6.04 Å².